The number of rotatable bonds is 3. The van der Waals surface area contributed by atoms with E-state index in [1.165, 1.54) is 54.9 Å². The van der Waals surface area contributed by atoms with Crippen molar-refractivity contribution >= 4 is 38.6 Å². The molecular weight excluding hydrogens is 546 g/mol. The SMILES string of the molecule is CC1(C)c2ccc(N(c3ccccc3)c3ccc4c(c3)-c3nccc5cccc(c35)C4(C)C)cc2-c2nccc3cccc1c23. The van der Waals surface area contributed by atoms with Gasteiger partial charge in [0.15, 0.2) is 0 Å². The Morgan fingerprint density at radius 3 is 1.42 bits per heavy atom. The molecule has 3 heteroatoms. The third-order valence-corrected chi connectivity index (χ3v) is 10.3. The van der Waals surface area contributed by atoms with Crippen molar-refractivity contribution in [3.63, 3.8) is 0 Å². The van der Waals surface area contributed by atoms with Crippen LogP contribution in [0.1, 0.15) is 49.9 Å². The van der Waals surface area contributed by atoms with Gasteiger partial charge in [-0.1, -0.05) is 94.4 Å². The van der Waals surface area contributed by atoms with E-state index < -0.39 is 0 Å². The molecule has 5 aromatic carbocycles. The molecule has 2 heterocycles. The van der Waals surface area contributed by atoms with Crippen molar-refractivity contribution in [1.82, 2.24) is 9.97 Å². The summed E-state index contributed by atoms with van der Waals surface area (Å²) < 4.78 is 0. The quantitative estimate of drug-likeness (QED) is 0.208. The minimum Gasteiger partial charge on any atom is -0.310 e. The molecule has 0 saturated heterocycles. The summed E-state index contributed by atoms with van der Waals surface area (Å²) in [5, 5.41) is 4.99. The normalized spacial score (nSPS) is 15.0. The average molecular weight is 580 g/mol. The maximum atomic E-state index is 4.98. The van der Waals surface area contributed by atoms with Crippen LogP contribution in [0.4, 0.5) is 17.1 Å². The Hall–Kier alpha value is -5.28. The molecule has 0 radical (unpaired) electrons. The third-order valence-electron chi connectivity index (χ3n) is 10.3. The van der Waals surface area contributed by atoms with E-state index in [9.17, 15) is 0 Å². The lowest BCUT2D eigenvalue weighted by Gasteiger charge is -2.37. The zero-order chi connectivity index (χ0) is 30.5. The highest BCUT2D eigenvalue weighted by Gasteiger charge is 2.36. The standard InChI is InChI=1S/C42H33N3/c1-41(2)33-18-16-29(24-31(33)39-37-26(20-22-43-39)10-8-14-35(37)41)45(28-12-6-5-7-13-28)30-17-19-34-32(25-30)40-38-27(21-23-44-40)11-9-15-36(38)42(34,3)4/h5-25H,1-4H3. The Labute approximate surface area is 263 Å². The highest BCUT2D eigenvalue weighted by Crippen LogP contribution is 2.52. The monoisotopic (exact) mass is 579 g/mol. The highest BCUT2D eigenvalue weighted by molar-refractivity contribution is 6.03. The smallest absolute Gasteiger partial charge is 0.0787 e. The van der Waals surface area contributed by atoms with Crippen molar-refractivity contribution in [2.24, 2.45) is 0 Å². The van der Waals surface area contributed by atoms with Gasteiger partial charge >= 0.3 is 0 Å². The maximum absolute atomic E-state index is 4.98. The Morgan fingerprint density at radius 1 is 0.444 bits per heavy atom. The fourth-order valence-electron chi connectivity index (χ4n) is 8.05. The van der Waals surface area contributed by atoms with Crippen molar-refractivity contribution in [3.05, 3.63) is 150 Å². The molecule has 7 aromatic rings. The van der Waals surface area contributed by atoms with Crippen LogP contribution in [-0.4, -0.2) is 9.97 Å². The molecule has 0 bridgehead atoms. The van der Waals surface area contributed by atoms with Gasteiger partial charge in [0.1, 0.15) is 0 Å². The van der Waals surface area contributed by atoms with Gasteiger partial charge in [-0.15, -0.1) is 0 Å². The Morgan fingerprint density at radius 2 is 0.933 bits per heavy atom. The molecule has 0 aliphatic heterocycles. The first-order valence-electron chi connectivity index (χ1n) is 15.8. The summed E-state index contributed by atoms with van der Waals surface area (Å²) in [4.78, 5) is 12.3. The van der Waals surface area contributed by atoms with Gasteiger partial charge in [0.2, 0.25) is 0 Å². The number of pyridine rings is 2. The Balaban J connectivity index is 1.29. The van der Waals surface area contributed by atoms with E-state index in [0.29, 0.717) is 0 Å². The van der Waals surface area contributed by atoms with Crippen molar-refractivity contribution in [2.45, 2.75) is 38.5 Å². The van der Waals surface area contributed by atoms with Gasteiger partial charge in [-0.05, 0) is 81.6 Å². The van der Waals surface area contributed by atoms with Gasteiger partial charge in [-0.2, -0.15) is 0 Å². The van der Waals surface area contributed by atoms with Crippen molar-refractivity contribution in [3.8, 4) is 22.5 Å². The van der Waals surface area contributed by atoms with Crippen LogP contribution >= 0.6 is 0 Å². The van der Waals surface area contributed by atoms with Crippen LogP contribution in [0.3, 0.4) is 0 Å². The number of benzene rings is 5. The van der Waals surface area contributed by atoms with Crippen LogP contribution in [0.2, 0.25) is 0 Å². The topological polar surface area (TPSA) is 29.0 Å². The van der Waals surface area contributed by atoms with Gasteiger partial charge < -0.3 is 4.90 Å². The lowest BCUT2D eigenvalue weighted by Crippen LogP contribution is -2.25. The minimum absolute atomic E-state index is 0.143. The van der Waals surface area contributed by atoms with Crippen LogP contribution in [0, 0.1) is 0 Å². The lowest BCUT2D eigenvalue weighted by atomic mass is 9.69. The van der Waals surface area contributed by atoms with Crippen LogP contribution in [0.25, 0.3) is 44.1 Å². The molecule has 0 saturated carbocycles. The summed E-state index contributed by atoms with van der Waals surface area (Å²) >= 11 is 0. The number of aromatic nitrogens is 2. The number of hydrogen-bond donors (Lipinski definition) is 0. The second-order valence-electron chi connectivity index (χ2n) is 13.5. The molecule has 0 amide bonds. The number of anilines is 3. The number of fused-ring (bicyclic) bond motifs is 4. The van der Waals surface area contributed by atoms with E-state index in [4.69, 9.17) is 9.97 Å². The molecule has 0 unspecified atom stereocenters. The summed E-state index contributed by atoms with van der Waals surface area (Å²) in [7, 11) is 0. The van der Waals surface area contributed by atoms with E-state index in [1.54, 1.807) is 0 Å². The van der Waals surface area contributed by atoms with Crippen LogP contribution in [0.15, 0.2) is 128 Å². The molecule has 0 fully saturated rings. The molecule has 3 nitrogen and oxygen atoms in total. The van der Waals surface area contributed by atoms with E-state index in [0.717, 1.165) is 28.5 Å². The molecule has 216 valence electrons. The molecule has 0 spiro atoms. The second-order valence-corrected chi connectivity index (χ2v) is 13.5. The average Bonchev–Trinajstić information content (AvgIpc) is 3.06. The summed E-state index contributed by atoms with van der Waals surface area (Å²) in [5.41, 5.74) is 12.8. The molecular formula is C42H33N3. The summed E-state index contributed by atoms with van der Waals surface area (Å²) in [6, 6.07) is 42.1. The summed E-state index contributed by atoms with van der Waals surface area (Å²) in [5.74, 6) is 0. The lowest BCUT2D eigenvalue weighted by molar-refractivity contribution is 0.644. The van der Waals surface area contributed by atoms with E-state index in [1.807, 2.05) is 12.4 Å². The first kappa shape index (κ1) is 26.2. The molecule has 9 rings (SSSR count). The third kappa shape index (κ3) is 3.58. The Bertz CT molecular complexity index is 2170. The highest BCUT2D eigenvalue weighted by atomic mass is 15.1. The predicted molar refractivity (Wildman–Crippen MR) is 187 cm³/mol. The number of nitrogens with zero attached hydrogens (tertiary/aromatic N) is 3. The minimum atomic E-state index is -0.143. The maximum Gasteiger partial charge on any atom is 0.0787 e. The van der Waals surface area contributed by atoms with E-state index >= 15 is 0 Å². The first-order valence-corrected chi connectivity index (χ1v) is 15.8. The molecule has 0 atom stereocenters. The van der Waals surface area contributed by atoms with Gasteiger partial charge in [0.05, 0.1) is 11.4 Å². The fraction of sp³-hybridized carbons (Fsp3) is 0.143. The summed E-state index contributed by atoms with van der Waals surface area (Å²) in [6.07, 6.45) is 3.89. The van der Waals surface area contributed by atoms with Crippen molar-refractivity contribution in [1.29, 1.82) is 0 Å². The fourth-order valence-corrected chi connectivity index (χ4v) is 8.05. The molecule has 45 heavy (non-hydrogen) atoms. The van der Waals surface area contributed by atoms with E-state index in [2.05, 4.69) is 148 Å². The van der Waals surface area contributed by atoms with Gasteiger partial charge in [-0.25, -0.2) is 0 Å². The van der Waals surface area contributed by atoms with Crippen molar-refractivity contribution < 1.29 is 0 Å². The Kier molecular flexibility index (Phi) is 5.30. The molecule has 0 N–H and O–H groups in total. The van der Waals surface area contributed by atoms with Gasteiger partial charge in [0, 0.05) is 62.2 Å². The number of para-hydroxylation sites is 1. The second kappa shape index (κ2) is 9.12. The van der Waals surface area contributed by atoms with Crippen LogP contribution < -0.4 is 4.90 Å². The largest absolute Gasteiger partial charge is 0.310 e. The molecule has 2 aliphatic carbocycles. The van der Waals surface area contributed by atoms with Crippen LogP contribution in [-0.2, 0) is 10.8 Å². The van der Waals surface area contributed by atoms with Crippen LogP contribution in [0.5, 0.6) is 0 Å². The zero-order valence-electron chi connectivity index (χ0n) is 26.0. The zero-order valence-corrected chi connectivity index (χ0v) is 26.0. The predicted octanol–water partition coefficient (Wildman–Crippen LogP) is 10.9. The first-order chi connectivity index (χ1) is 21.8. The molecule has 2 aromatic heterocycles. The summed E-state index contributed by atoms with van der Waals surface area (Å²) in [6.45, 7) is 9.34. The van der Waals surface area contributed by atoms with E-state index in [-0.39, 0.29) is 10.8 Å². The van der Waals surface area contributed by atoms with Gasteiger partial charge in [0.25, 0.3) is 0 Å². The molecule has 2 aliphatic rings. The number of hydrogen-bond acceptors (Lipinski definition) is 3. The van der Waals surface area contributed by atoms with Gasteiger partial charge in [-0.3, -0.25) is 9.97 Å². The van der Waals surface area contributed by atoms with Crippen molar-refractivity contribution in [2.75, 3.05) is 4.90 Å².